The highest BCUT2D eigenvalue weighted by molar-refractivity contribution is 6.31. The van der Waals surface area contributed by atoms with Crippen molar-refractivity contribution in [3.05, 3.63) is 88.9 Å². The molecule has 0 bridgehead atoms. The summed E-state index contributed by atoms with van der Waals surface area (Å²) in [5, 5.41) is 1.79. The van der Waals surface area contributed by atoms with Crippen molar-refractivity contribution < 1.29 is 0 Å². The number of nitrogens with zero attached hydrogens (tertiary/aromatic N) is 1. The normalized spacial score (nSPS) is 11.0. The van der Waals surface area contributed by atoms with Crippen LogP contribution in [0.25, 0.3) is 33.3 Å². The van der Waals surface area contributed by atoms with Crippen LogP contribution in [-0.4, -0.2) is 4.98 Å². The van der Waals surface area contributed by atoms with E-state index in [9.17, 15) is 0 Å². The van der Waals surface area contributed by atoms with Crippen LogP contribution in [0, 0.1) is 6.92 Å². The third kappa shape index (κ3) is 2.98. The standard InChI is InChI=1S/C23H19ClN2/c1-15-22(17-5-3-2-4-6-17)20-13-19(24)11-12-21(20)26-23(15)18-9-7-16(14-25)8-10-18/h2-13H,14,25H2,1H3. The summed E-state index contributed by atoms with van der Waals surface area (Å²) in [7, 11) is 0. The lowest BCUT2D eigenvalue weighted by molar-refractivity contribution is 1.07. The van der Waals surface area contributed by atoms with E-state index in [4.69, 9.17) is 22.3 Å². The van der Waals surface area contributed by atoms with E-state index >= 15 is 0 Å². The molecule has 2 N–H and O–H groups in total. The first-order valence-corrected chi connectivity index (χ1v) is 9.00. The number of hydrogen-bond acceptors (Lipinski definition) is 2. The molecular formula is C23H19ClN2. The molecule has 128 valence electrons. The predicted molar refractivity (Wildman–Crippen MR) is 110 cm³/mol. The number of rotatable bonds is 3. The van der Waals surface area contributed by atoms with Crippen LogP contribution in [0.3, 0.4) is 0 Å². The van der Waals surface area contributed by atoms with E-state index in [1.807, 2.05) is 24.3 Å². The van der Waals surface area contributed by atoms with Crippen LogP contribution in [0.5, 0.6) is 0 Å². The summed E-state index contributed by atoms with van der Waals surface area (Å²) < 4.78 is 0. The first kappa shape index (κ1) is 16.8. The molecule has 1 heterocycles. The lowest BCUT2D eigenvalue weighted by Gasteiger charge is -2.15. The van der Waals surface area contributed by atoms with Crippen molar-refractivity contribution in [1.29, 1.82) is 0 Å². The molecule has 0 aliphatic heterocycles. The second-order valence-electron chi connectivity index (χ2n) is 6.39. The molecule has 4 rings (SSSR count). The Kier molecular flexibility index (Phi) is 4.46. The largest absolute Gasteiger partial charge is 0.326 e. The molecule has 0 aliphatic carbocycles. The summed E-state index contributed by atoms with van der Waals surface area (Å²) in [6.45, 7) is 2.67. The molecule has 0 saturated heterocycles. The minimum absolute atomic E-state index is 0.540. The van der Waals surface area contributed by atoms with E-state index < -0.39 is 0 Å². The molecule has 0 fully saturated rings. The highest BCUT2D eigenvalue weighted by Crippen LogP contribution is 2.37. The lowest BCUT2D eigenvalue weighted by Crippen LogP contribution is -1.97. The number of nitrogens with two attached hydrogens (primary N) is 1. The second-order valence-corrected chi connectivity index (χ2v) is 6.83. The maximum absolute atomic E-state index is 6.28. The van der Waals surface area contributed by atoms with Gasteiger partial charge in [0.05, 0.1) is 11.2 Å². The van der Waals surface area contributed by atoms with Gasteiger partial charge in [0, 0.05) is 22.5 Å². The zero-order valence-electron chi connectivity index (χ0n) is 14.5. The van der Waals surface area contributed by atoms with Gasteiger partial charge in [-0.15, -0.1) is 0 Å². The molecule has 0 aliphatic rings. The molecule has 1 aromatic heterocycles. The minimum atomic E-state index is 0.540. The Hall–Kier alpha value is -2.68. The van der Waals surface area contributed by atoms with Gasteiger partial charge in [-0.3, -0.25) is 0 Å². The van der Waals surface area contributed by atoms with Gasteiger partial charge < -0.3 is 5.73 Å². The summed E-state index contributed by atoms with van der Waals surface area (Å²) >= 11 is 6.28. The fourth-order valence-corrected chi connectivity index (χ4v) is 3.56. The van der Waals surface area contributed by atoms with E-state index in [1.165, 1.54) is 11.1 Å². The molecule has 3 heteroatoms. The van der Waals surface area contributed by atoms with Gasteiger partial charge >= 0.3 is 0 Å². The number of aromatic nitrogens is 1. The fraction of sp³-hybridized carbons (Fsp3) is 0.0870. The molecule has 26 heavy (non-hydrogen) atoms. The minimum Gasteiger partial charge on any atom is -0.326 e. The first-order valence-electron chi connectivity index (χ1n) is 8.62. The molecule has 0 unspecified atom stereocenters. The molecule has 2 nitrogen and oxygen atoms in total. The molecule has 0 saturated carbocycles. The Morgan fingerprint density at radius 1 is 0.885 bits per heavy atom. The maximum Gasteiger partial charge on any atom is 0.0745 e. The number of benzene rings is 3. The Bertz CT molecular complexity index is 1070. The molecule has 0 amide bonds. The van der Waals surface area contributed by atoms with Gasteiger partial charge in [0.25, 0.3) is 0 Å². The fourth-order valence-electron chi connectivity index (χ4n) is 3.39. The van der Waals surface area contributed by atoms with Crippen LogP contribution in [-0.2, 0) is 6.54 Å². The van der Waals surface area contributed by atoms with Crippen molar-refractivity contribution in [3.63, 3.8) is 0 Å². The summed E-state index contributed by atoms with van der Waals surface area (Å²) in [6, 6.07) is 24.6. The monoisotopic (exact) mass is 358 g/mol. The molecule has 0 atom stereocenters. The lowest BCUT2D eigenvalue weighted by atomic mass is 9.92. The molecular weight excluding hydrogens is 340 g/mol. The van der Waals surface area contributed by atoms with Gasteiger partial charge in [-0.25, -0.2) is 4.98 Å². The molecule has 0 radical (unpaired) electrons. The second kappa shape index (κ2) is 6.91. The van der Waals surface area contributed by atoms with Crippen molar-refractivity contribution in [2.45, 2.75) is 13.5 Å². The Labute approximate surface area is 158 Å². The van der Waals surface area contributed by atoms with Crippen molar-refractivity contribution in [2.24, 2.45) is 5.73 Å². The Balaban J connectivity index is 2.03. The summed E-state index contributed by atoms with van der Waals surface area (Å²) in [4.78, 5) is 4.94. The van der Waals surface area contributed by atoms with Gasteiger partial charge in [0.2, 0.25) is 0 Å². The van der Waals surface area contributed by atoms with Crippen molar-refractivity contribution in [1.82, 2.24) is 4.98 Å². The average molecular weight is 359 g/mol. The predicted octanol–water partition coefficient (Wildman–Crippen LogP) is 5.99. The zero-order valence-corrected chi connectivity index (χ0v) is 15.3. The van der Waals surface area contributed by atoms with Crippen molar-refractivity contribution in [3.8, 4) is 22.4 Å². The van der Waals surface area contributed by atoms with E-state index in [-0.39, 0.29) is 0 Å². The van der Waals surface area contributed by atoms with Crippen LogP contribution in [0.4, 0.5) is 0 Å². The quantitative estimate of drug-likeness (QED) is 0.488. The van der Waals surface area contributed by atoms with Crippen LogP contribution >= 0.6 is 11.6 Å². The first-order chi connectivity index (χ1) is 12.7. The summed E-state index contributed by atoms with van der Waals surface area (Å²) in [6.07, 6.45) is 0. The molecule has 0 spiro atoms. The summed E-state index contributed by atoms with van der Waals surface area (Å²) in [5.74, 6) is 0. The van der Waals surface area contributed by atoms with E-state index in [2.05, 4.69) is 55.5 Å². The van der Waals surface area contributed by atoms with Crippen LogP contribution in [0.15, 0.2) is 72.8 Å². The third-order valence-electron chi connectivity index (χ3n) is 4.72. The number of hydrogen-bond donors (Lipinski definition) is 1. The Morgan fingerprint density at radius 3 is 2.31 bits per heavy atom. The van der Waals surface area contributed by atoms with Gasteiger partial charge in [0.15, 0.2) is 0 Å². The van der Waals surface area contributed by atoms with Crippen LogP contribution in [0.2, 0.25) is 5.02 Å². The van der Waals surface area contributed by atoms with Gasteiger partial charge in [-0.1, -0.05) is 66.2 Å². The summed E-state index contributed by atoms with van der Waals surface area (Å²) in [5.41, 5.74) is 13.4. The zero-order chi connectivity index (χ0) is 18.1. The average Bonchev–Trinajstić information content (AvgIpc) is 2.68. The molecule has 3 aromatic carbocycles. The number of pyridine rings is 1. The van der Waals surface area contributed by atoms with Gasteiger partial charge in [-0.2, -0.15) is 0 Å². The highest BCUT2D eigenvalue weighted by Gasteiger charge is 2.15. The van der Waals surface area contributed by atoms with Crippen LogP contribution < -0.4 is 5.73 Å². The Morgan fingerprint density at radius 2 is 1.62 bits per heavy atom. The van der Waals surface area contributed by atoms with E-state index in [0.29, 0.717) is 6.54 Å². The van der Waals surface area contributed by atoms with Gasteiger partial charge in [0.1, 0.15) is 0 Å². The number of fused-ring (bicyclic) bond motifs is 1. The topological polar surface area (TPSA) is 38.9 Å². The number of halogens is 1. The third-order valence-corrected chi connectivity index (χ3v) is 4.95. The maximum atomic E-state index is 6.28. The van der Waals surface area contributed by atoms with Gasteiger partial charge in [-0.05, 0) is 47.4 Å². The SMILES string of the molecule is Cc1c(-c2ccc(CN)cc2)nc2ccc(Cl)cc2c1-c1ccccc1. The highest BCUT2D eigenvalue weighted by atomic mass is 35.5. The van der Waals surface area contributed by atoms with Crippen LogP contribution in [0.1, 0.15) is 11.1 Å². The van der Waals surface area contributed by atoms with E-state index in [0.717, 1.165) is 38.3 Å². The smallest absolute Gasteiger partial charge is 0.0745 e. The van der Waals surface area contributed by atoms with Crippen molar-refractivity contribution >= 4 is 22.5 Å². The van der Waals surface area contributed by atoms with Crippen molar-refractivity contribution in [2.75, 3.05) is 0 Å². The van der Waals surface area contributed by atoms with E-state index in [1.54, 1.807) is 0 Å². The molecule has 4 aromatic rings.